The predicted molar refractivity (Wildman–Crippen MR) is 81.1 cm³/mol. The summed E-state index contributed by atoms with van der Waals surface area (Å²) in [5, 5.41) is 9.59. The number of thioether (sulfide) groups is 1. The van der Waals surface area contributed by atoms with Gasteiger partial charge in [-0.3, -0.25) is 0 Å². The number of hydrogen-bond donors (Lipinski definition) is 2. The first-order valence-corrected chi connectivity index (χ1v) is 7.46. The largest absolute Gasteiger partial charge is 0.394 e. The summed E-state index contributed by atoms with van der Waals surface area (Å²) in [7, 11) is 0. The molecule has 0 spiro atoms. The van der Waals surface area contributed by atoms with E-state index in [-0.39, 0.29) is 12.4 Å². The summed E-state index contributed by atoms with van der Waals surface area (Å²) in [4.78, 5) is 1.000. The molecule has 1 atom stereocenters. The second kappa shape index (κ2) is 6.88. The molecule has 0 radical (unpaired) electrons. The van der Waals surface area contributed by atoms with Crippen LogP contribution in [0.1, 0.15) is 12.0 Å². The Labute approximate surface area is 122 Å². The van der Waals surface area contributed by atoms with Gasteiger partial charge >= 0.3 is 0 Å². The minimum absolute atomic E-state index is 0.0962. The topological polar surface area (TPSA) is 46.2 Å². The van der Waals surface area contributed by atoms with Gasteiger partial charge in [0, 0.05) is 10.6 Å². The van der Waals surface area contributed by atoms with E-state index in [4.69, 9.17) is 5.73 Å². The van der Waals surface area contributed by atoms with Crippen LogP contribution in [0.2, 0.25) is 0 Å². The number of hydrogen-bond acceptors (Lipinski definition) is 3. The van der Waals surface area contributed by atoms with E-state index in [1.165, 1.54) is 12.1 Å². The molecule has 0 fully saturated rings. The first kappa shape index (κ1) is 15.0. The highest BCUT2D eigenvalue weighted by Crippen LogP contribution is 2.26. The first-order valence-electron chi connectivity index (χ1n) is 6.48. The molecule has 2 rings (SSSR count). The summed E-state index contributed by atoms with van der Waals surface area (Å²) in [5.41, 5.74) is 6.49. The second-order valence-corrected chi connectivity index (χ2v) is 5.90. The van der Waals surface area contributed by atoms with Gasteiger partial charge in [0.2, 0.25) is 0 Å². The Hall–Kier alpha value is -1.36. The van der Waals surface area contributed by atoms with Crippen LogP contribution in [0.3, 0.4) is 0 Å². The summed E-state index contributed by atoms with van der Waals surface area (Å²) < 4.78 is 12.8. The Morgan fingerprint density at radius 3 is 2.30 bits per heavy atom. The van der Waals surface area contributed by atoms with Gasteiger partial charge in [-0.1, -0.05) is 30.3 Å². The lowest BCUT2D eigenvalue weighted by atomic mass is 9.89. The molecule has 2 aromatic carbocycles. The fourth-order valence-electron chi connectivity index (χ4n) is 1.97. The summed E-state index contributed by atoms with van der Waals surface area (Å²) in [5.74, 6) is 0.527. The average molecular weight is 291 g/mol. The van der Waals surface area contributed by atoms with Crippen molar-refractivity contribution in [2.45, 2.75) is 16.9 Å². The van der Waals surface area contributed by atoms with Crippen molar-refractivity contribution in [1.82, 2.24) is 0 Å². The lowest BCUT2D eigenvalue weighted by molar-refractivity contribution is 0.193. The Balaban J connectivity index is 1.96. The Morgan fingerprint density at radius 1 is 1.05 bits per heavy atom. The van der Waals surface area contributed by atoms with Gasteiger partial charge < -0.3 is 10.8 Å². The third kappa shape index (κ3) is 3.82. The van der Waals surface area contributed by atoms with Gasteiger partial charge in [-0.15, -0.1) is 11.8 Å². The van der Waals surface area contributed by atoms with E-state index in [0.717, 1.165) is 16.2 Å². The third-order valence-electron chi connectivity index (χ3n) is 3.26. The fourth-order valence-corrected chi connectivity index (χ4v) is 3.00. The maximum atomic E-state index is 12.8. The predicted octanol–water partition coefficient (Wildman–Crippen LogP) is 3.15. The summed E-state index contributed by atoms with van der Waals surface area (Å²) in [6.45, 7) is -0.0962. The van der Waals surface area contributed by atoms with E-state index < -0.39 is 5.54 Å². The number of benzene rings is 2. The Bertz CT molecular complexity index is 532. The van der Waals surface area contributed by atoms with Crippen molar-refractivity contribution in [1.29, 1.82) is 0 Å². The molecule has 0 saturated carbocycles. The minimum Gasteiger partial charge on any atom is -0.394 e. The second-order valence-electron chi connectivity index (χ2n) is 4.73. The van der Waals surface area contributed by atoms with Crippen LogP contribution in [0.25, 0.3) is 0 Å². The van der Waals surface area contributed by atoms with Crippen molar-refractivity contribution in [3.8, 4) is 0 Å². The summed E-state index contributed by atoms with van der Waals surface area (Å²) in [6.07, 6.45) is 0.648. The highest BCUT2D eigenvalue weighted by atomic mass is 32.2. The van der Waals surface area contributed by atoms with Crippen LogP contribution >= 0.6 is 11.8 Å². The van der Waals surface area contributed by atoms with Gasteiger partial charge in [-0.2, -0.15) is 0 Å². The minimum atomic E-state index is -0.728. The van der Waals surface area contributed by atoms with Crippen LogP contribution in [-0.2, 0) is 5.54 Å². The van der Waals surface area contributed by atoms with Crippen LogP contribution in [0, 0.1) is 5.82 Å². The number of aliphatic hydroxyl groups excluding tert-OH is 1. The summed E-state index contributed by atoms with van der Waals surface area (Å²) >= 11 is 1.61. The quantitative estimate of drug-likeness (QED) is 0.804. The van der Waals surface area contributed by atoms with Gasteiger partial charge in [-0.25, -0.2) is 4.39 Å². The lowest BCUT2D eigenvalue weighted by Gasteiger charge is -2.27. The molecule has 0 aliphatic rings. The molecular formula is C16H18FNOS. The van der Waals surface area contributed by atoms with Gasteiger partial charge in [0.1, 0.15) is 5.82 Å². The maximum Gasteiger partial charge on any atom is 0.123 e. The van der Waals surface area contributed by atoms with Gasteiger partial charge in [0.25, 0.3) is 0 Å². The van der Waals surface area contributed by atoms with E-state index in [1.54, 1.807) is 23.9 Å². The molecule has 0 bridgehead atoms. The molecule has 2 aromatic rings. The van der Waals surface area contributed by atoms with Crippen molar-refractivity contribution in [3.63, 3.8) is 0 Å². The number of halogens is 1. The molecule has 0 saturated heterocycles. The number of aliphatic hydroxyl groups is 1. The first-order chi connectivity index (χ1) is 9.64. The smallest absolute Gasteiger partial charge is 0.123 e. The normalized spacial score (nSPS) is 13.9. The zero-order valence-electron chi connectivity index (χ0n) is 11.1. The molecule has 4 heteroatoms. The number of rotatable bonds is 6. The van der Waals surface area contributed by atoms with Crippen LogP contribution in [0.4, 0.5) is 4.39 Å². The SMILES string of the molecule is NC(CO)(CCSc1ccc(F)cc1)c1ccccc1. The molecule has 0 aromatic heterocycles. The van der Waals surface area contributed by atoms with Crippen molar-refractivity contribution < 1.29 is 9.50 Å². The molecule has 0 heterocycles. The Kier molecular flexibility index (Phi) is 5.17. The van der Waals surface area contributed by atoms with Crippen molar-refractivity contribution in [2.75, 3.05) is 12.4 Å². The van der Waals surface area contributed by atoms with Crippen molar-refractivity contribution in [2.24, 2.45) is 5.73 Å². The molecule has 20 heavy (non-hydrogen) atoms. The van der Waals surface area contributed by atoms with Crippen molar-refractivity contribution >= 4 is 11.8 Å². The van der Waals surface area contributed by atoms with E-state index >= 15 is 0 Å². The monoisotopic (exact) mass is 291 g/mol. The lowest BCUT2D eigenvalue weighted by Crippen LogP contribution is -2.41. The molecular weight excluding hydrogens is 273 g/mol. The van der Waals surface area contributed by atoms with E-state index in [2.05, 4.69) is 0 Å². The zero-order valence-corrected chi connectivity index (χ0v) is 11.9. The standard InChI is InChI=1S/C16H18FNOS/c17-14-6-8-15(9-7-14)20-11-10-16(18,12-19)13-4-2-1-3-5-13/h1-9,19H,10-12,18H2. The molecule has 106 valence electrons. The van der Waals surface area contributed by atoms with Gasteiger partial charge in [0.05, 0.1) is 12.1 Å². The molecule has 2 nitrogen and oxygen atoms in total. The third-order valence-corrected chi connectivity index (χ3v) is 4.28. The Morgan fingerprint density at radius 2 is 1.70 bits per heavy atom. The van der Waals surface area contributed by atoms with Crippen LogP contribution in [-0.4, -0.2) is 17.5 Å². The highest BCUT2D eigenvalue weighted by Gasteiger charge is 2.25. The fraction of sp³-hybridized carbons (Fsp3) is 0.250. The van der Waals surface area contributed by atoms with Crippen LogP contribution < -0.4 is 5.73 Å². The molecule has 3 N–H and O–H groups in total. The van der Waals surface area contributed by atoms with Crippen LogP contribution in [0.15, 0.2) is 59.5 Å². The van der Waals surface area contributed by atoms with Crippen molar-refractivity contribution in [3.05, 3.63) is 66.0 Å². The van der Waals surface area contributed by atoms with Gasteiger partial charge in [0.15, 0.2) is 0 Å². The molecule has 0 aliphatic heterocycles. The molecule has 0 amide bonds. The number of nitrogens with two attached hydrogens (primary N) is 1. The van der Waals surface area contributed by atoms with E-state index in [1.807, 2.05) is 30.3 Å². The van der Waals surface area contributed by atoms with E-state index in [0.29, 0.717) is 6.42 Å². The average Bonchev–Trinajstić information content (AvgIpc) is 2.50. The highest BCUT2D eigenvalue weighted by molar-refractivity contribution is 7.99. The van der Waals surface area contributed by atoms with E-state index in [9.17, 15) is 9.50 Å². The maximum absolute atomic E-state index is 12.8. The molecule has 1 unspecified atom stereocenters. The van der Waals surface area contributed by atoms with Gasteiger partial charge in [-0.05, 0) is 36.2 Å². The zero-order chi connectivity index (χ0) is 14.4. The summed E-state index contributed by atoms with van der Waals surface area (Å²) in [6, 6.07) is 16.0. The molecule has 0 aliphatic carbocycles. The van der Waals surface area contributed by atoms with Crippen LogP contribution in [0.5, 0.6) is 0 Å².